The van der Waals surface area contributed by atoms with Gasteiger partial charge >= 0.3 is 5.97 Å². The second-order valence-corrected chi connectivity index (χ2v) is 10.5. The first-order valence-corrected chi connectivity index (χ1v) is 11.1. The van der Waals surface area contributed by atoms with E-state index in [4.69, 9.17) is 23.7 Å². The van der Waals surface area contributed by atoms with E-state index in [9.17, 15) is 30.3 Å². The number of rotatable bonds is 7. The van der Waals surface area contributed by atoms with E-state index >= 15 is 0 Å². The van der Waals surface area contributed by atoms with Crippen molar-refractivity contribution >= 4 is 5.97 Å². The molecular formula is C21H32O11. The van der Waals surface area contributed by atoms with Gasteiger partial charge in [0.05, 0.1) is 12.0 Å². The van der Waals surface area contributed by atoms with Crippen LogP contribution < -0.4 is 0 Å². The number of esters is 1. The van der Waals surface area contributed by atoms with E-state index < -0.39 is 71.9 Å². The Hall–Kier alpha value is -0.890. The maximum Gasteiger partial charge on any atom is 0.306 e. The van der Waals surface area contributed by atoms with Gasteiger partial charge in [0.1, 0.15) is 42.2 Å². The van der Waals surface area contributed by atoms with Gasteiger partial charge in [0.15, 0.2) is 18.4 Å². The van der Waals surface area contributed by atoms with E-state index in [2.05, 4.69) is 0 Å². The molecule has 11 heteroatoms. The van der Waals surface area contributed by atoms with Gasteiger partial charge in [-0.25, -0.2) is 0 Å². The van der Waals surface area contributed by atoms with Gasteiger partial charge in [-0.15, -0.1) is 0 Å². The summed E-state index contributed by atoms with van der Waals surface area (Å²) in [5.74, 6) is -2.14. The fourth-order valence-electron chi connectivity index (χ4n) is 6.62. The molecule has 4 aliphatic heterocycles. The maximum absolute atomic E-state index is 12.3. The molecule has 4 saturated heterocycles. The third-order valence-corrected chi connectivity index (χ3v) is 8.17. The van der Waals surface area contributed by atoms with Crippen molar-refractivity contribution in [1.29, 1.82) is 0 Å². The normalized spacial score (nSPS) is 55.3. The van der Waals surface area contributed by atoms with Crippen LogP contribution in [-0.2, 0) is 28.5 Å². The first kappa shape index (κ1) is 22.9. The monoisotopic (exact) mass is 460 g/mol. The highest BCUT2D eigenvalue weighted by Gasteiger charge is 2.94. The summed E-state index contributed by atoms with van der Waals surface area (Å²) in [5, 5.41) is 51.4. The predicted octanol–water partition coefficient (Wildman–Crippen LogP) is -1.63. The summed E-state index contributed by atoms with van der Waals surface area (Å²) in [4.78, 5) is 12.3. The Morgan fingerprint density at radius 1 is 1.16 bits per heavy atom. The third kappa shape index (κ3) is 2.65. The molecule has 7 fully saturated rings. The SMILES string of the molecule is CC(C)CC(=O)OCC12C3OC4(O)CC(C)(O3)C1(OC1OC(CO)C(O)C(O)C1O)CC42. The van der Waals surface area contributed by atoms with Gasteiger partial charge in [-0.1, -0.05) is 13.8 Å². The topological polar surface area (TPSA) is 164 Å². The Morgan fingerprint density at radius 3 is 2.53 bits per heavy atom. The van der Waals surface area contributed by atoms with Crippen LogP contribution in [0.2, 0.25) is 0 Å². The molecule has 0 aromatic carbocycles. The lowest BCUT2D eigenvalue weighted by atomic mass is 9.41. The van der Waals surface area contributed by atoms with E-state index in [0.717, 1.165) is 0 Å². The largest absolute Gasteiger partial charge is 0.465 e. The molecule has 182 valence electrons. The van der Waals surface area contributed by atoms with Gasteiger partial charge in [0.25, 0.3) is 0 Å². The van der Waals surface area contributed by atoms with E-state index in [-0.39, 0.29) is 31.3 Å². The van der Waals surface area contributed by atoms with Crippen LogP contribution in [0.4, 0.5) is 0 Å². The molecule has 0 spiro atoms. The lowest BCUT2D eigenvalue weighted by Gasteiger charge is -2.67. The van der Waals surface area contributed by atoms with Crippen LogP contribution in [0.25, 0.3) is 0 Å². The highest BCUT2D eigenvalue weighted by atomic mass is 16.8. The van der Waals surface area contributed by atoms with Crippen molar-refractivity contribution in [1.82, 2.24) is 0 Å². The molecule has 32 heavy (non-hydrogen) atoms. The minimum atomic E-state index is -1.60. The highest BCUT2D eigenvalue weighted by molar-refractivity contribution is 5.69. The molecule has 0 aromatic heterocycles. The Balaban J connectivity index is 1.45. The van der Waals surface area contributed by atoms with Crippen LogP contribution in [0.5, 0.6) is 0 Å². The van der Waals surface area contributed by atoms with Crippen molar-refractivity contribution in [2.75, 3.05) is 13.2 Å². The zero-order valence-corrected chi connectivity index (χ0v) is 18.3. The second kappa shape index (κ2) is 7.06. The van der Waals surface area contributed by atoms with Crippen LogP contribution in [0.15, 0.2) is 0 Å². The average molecular weight is 460 g/mol. The molecule has 0 radical (unpaired) electrons. The van der Waals surface area contributed by atoms with E-state index in [0.29, 0.717) is 6.42 Å². The summed E-state index contributed by atoms with van der Waals surface area (Å²) in [6.45, 7) is 4.88. The van der Waals surface area contributed by atoms with Crippen molar-refractivity contribution < 1.29 is 54.0 Å². The van der Waals surface area contributed by atoms with E-state index in [1.807, 2.05) is 13.8 Å². The van der Waals surface area contributed by atoms with E-state index in [1.165, 1.54) is 0 Å². The predicted molar refractivity (Wildman–Crippen MR) is 102 cm³/mol. The van der Waals surface area contributed by atoms with Crippen LogP contribution in [0.3, 0.4) is 0 Å². The Morgan fingerprint density at radius 2 is 1.88 bits per heavy atom. The van der Waals surface area contributed by atoms with Crippen molar-refractivity contribution in [2.24, 2.45) is 17.3 Å². The van der Waals surface area contributed by atoms with Gasteiger partial charge in [-0.3, -0.25) is 4.79 Å². The average Bonchev–Trinajstić information content (AvgIpc) is 2.88. The zero-order chi connectivity index (χ0) is 23.3. The number of carbonyl (C=O) groups excluding carboxylic acids is 1. The first-order chi connectivity index (χ1) is 14.9. The number of hydrogen-bond acceptors (Lipinski definition) is 11. The number of aliphatic hydroxyl groups excluding tert-OH is 4. The van der Waals surface area contributed by atoms with Crippen LogP contribution >= 0.6 is 0 Å². The Kier molecular flexibility index (Phi) is 5.05. The number of carbonyl (C=O) groups is 1. The van der Waals surface area contributed by atoms with Crippen LogP contribution in [-0.4, -0.2) is 98.7 Å². The van der Waals surface area contributed by atoms with Gasteiger partial charge in [0.2, 0.25) is 0 Å². The molecule has 7 rings (SSSR count). The second-order valence-electron chi connectivity index (χ2n) is 10.5. The molecule has 0 aromatic rings. The minimum absolute atomic E-state index is 0.108. The molecule has 3 saturated carbocycles. The molecule has 11 atom stereocenters. The molecule has 0 amide bonds. The Labute approximate surface area is 185 Å². The summed E-state index contributed by atoms with van der Waals surface area (Å²) < 4.78 is 29.5. The lowest BCUT2D eigenvalue weighted by molar-refractivity contribution is -0.424. The molecule has 3 aliphatic carbocycles. The lowest BCUT2D eigenvalue weighted by Crippen LogP contribution is -2.80. The molecule has 4 heterocycles. The molecule has 7 aliphatic rings. The first-order valence-electron chi connectivity index (χ1n) is 11.1. The van der Waals surface area contributed by atoms with Crippen molar-refractivity contribution in [3.8, 4) is 0 Å². The summed E-state index contributed by atoms with van der Waals surface area (Å²) in [6, 6.07) is 0. The van der Waals surface area contributed by atoms with Gasteiger partial charge < -0.3 is 49.2 Å². The van der Waals surface area contributed by atoms with Crippen LogP contribution in [0.1, 0.15) is 40.0 Å². The van der Waals surface area contributed by atoms with Gasteiger partial charge in [0, 0.05) is 18.8 Å². The van der Waals surface area contributed by atoms with Crippen molar-refractivity contribution in [2.45, 2.75) is 94.0 Å². The summed E-state index contributed by atoms with van der Waals surface area (Å²) in [7, 11) is 0. The van der Waals surface area contributed by atoms with Gasteiger partial charge in [-0.05, 0) is 19.3 Å². The fourth-order valence-corrected chi connectivity index (χ4v) is 6.62. The van der Waals surface area contributed by atoms with Crippen molar-refractivity contribution in [3.63, 3.8) is 0 Å². The molecule has 6 bridgehead atoms. The highest BCUT2D eigenvalue weighted by Crippen LogP contribution is 2.81. The quantitative estimate of drug-likeness (QED) is 0.277. The van der Waals surface area contributed by atoms with Crippen molar-refractivity contribution in [3.05, 3.63) is 0 Å². The molecule has 5 N–H and O–H groups in total. The zero-order valence-electron chi connectivity index (χ0n) is 18.3. The third-order valence-electron chi connectivity index (χ3n) is 8.17. The maximum atomic E-state index is 12.3. The summed E-state index contributed by atoms with van der Waals surface area (Å²) in [6.07, 6.45) is -7.46. The molecule has 11 unspecified atom stereocenters. The van der Waals surface area contributed by atoms with Gasteiger partial charge in [-0.2, -0.15) is 0 Å². The standard InChI is InChI=1S/C21H32O11/c1-9(2)4-12(23)28-8-19-11-5-21(19,18(3)7-20(11,27)32-17(19)31-18)30-16-15(26)14(25)13(24)10(6-22)29-16/h9-11,13-17,22,24-27H,4-8H2,1-3H3. The molecular weight excluding hydrogens is 428 g/mol. The molecule has 11 nitrogen and oxygen atoms in total. The van der Waals surface area contributed by atoms with Crippen LogP contribution in [0, 0.1) is 17.3 Å². The van der Waals surface area contributed by atoms with E-state index in [1.54, 1.807) is 6.92 Å². The summed E-state index contributed by atoms with van der Waals surface area (Å²) >= 11 is 0. The fraction of sp³-hybridized carbons (Fsp3) is 0.952. The number of aliphatic hydroxyl groups is 5. The number of ether oxygens (including phenoxy) is 5. The number of hydrogen-bond donors (Lipinski definition) is 5. The smallest absolute Gasteiger partial charge is 0.306 e. The minimum Gasteiger partial charge on any atom is -0.465 e. The Bertz CT molecular complexity index is 790. The summed E-state index contributed by atoms with van der Waals surface area (Å²) in [5.41, 5.74) is -3.22.